The number of benzene rings is 2. The first kappa shape index (κ1) is 34.1. The molecule has 0 aliphatic carbocycles. The van der Waals surface area contributed by atoms with E-state index < -0.39 is 23.3 Å². The number of likely N-dealkylation sites (N-methyl/N-ethyl adjacent to an activating group) is 2. The van der Waals surface area contributed by atoms with Crippen LogP contribution in [0.3, 0.4) is 0 Å². The molecule has 4 aliphatic heterocycles. The van der Waals surface area contributed by atoms with E-state index in [0.717, 1.165) is 38.9 Å². The lowest BCUT2D eigenvalue weighted by atomic mass is 9.95. The first-order valence-electron chi connectivity index (χ1n) is 17.8. The van der Waals surface area contributed by atoms with Crippen LogP contribution in [0.5, 0.6) is 6.01 Å². The molecule has 0 N–H and O–H groups in total. The summed E-state index contributed by atoms with van der Waals surface area (Å²) >= 11 is 6.42. The van der Waals surface area contributed by atoms with Crippen LogP contribution in [0.2, 0.25) is 5.02 Å². The van der Waals surface area contributed by atoms with Crippen LogP contribution in [0.25, 0.3) is 32.9 Å². The first-order valence-corrected chi connectivity index (χ1v) is 18.2. The fourth-order valence-corrected chi connectivity index (χ4v) is 8.77. The number of ether oxygens (including phenoxy) is 1. The molecule has 0 radical (unpaired) electrons. The van der Waals surface area contributed by atoms with Gasteiger partial charge >= 0.3 is 6.01 Å². The fraction of sp³-hybridized carbons (Fsp3) is 0.474. The third-order valence-corrected chi connectivity index (χ3v) is 11.8. The molecule has 4 fully saturated rings. The van der Waals surface area contributed by atoms with Crippen molar-refractivity contribution < 1.29 is 22.7 Å². The molecule has 4 saturated heterocycles. The number of alkyl halides is 1. The van der Waals surface area contributed by atoms with E-state index in [4.69, 9.17) is 21.3 Å². The number of amides is 1. The zero-order valence-electron chi connectivity index (χ0n) is 28.8. The topological polar surface area (TPSA) is 77.9 Å². The normalized spacial score (nSPS) is 25.3. The Hall–Kier alpha value is -4.00. The molecule has 2 aromatic heterocycles. The molecule has 4 atom stereocenters. The highest BCUT2D eigenvalue weighted by atomic mass is 35.5. The predicted molar refractivity (Wildman–Crippen MR) is 192 cm³/mol. The molecule has 13 heteroatoms. The number of hydrogen-bond acceptors (Lipinski definition) is 8. The van der Waals surface area contributed by atoms with Gasteiger partial charge < -0.3 is 14.5 Å². The average molecular weight is 720 g/mol. The van der Waals surface area contributed by atoms with Gasteiger partial charge in [0.15, 0.2) is 5.82 Å². The number of carbonyl (C=O) groups is 1. The third kappa shape index (κ3) is 6.08. The Bertz CT molecular complexity index is 2030. The standard InChI is InChI=1S/C38H41ClF3N7O2/c1-3-47-16-12-25(47)9-11-30(50)48-17-13-26(21-48)46(2)36-28-19-43-34(27-7-4-6-23-8-10-29(41)32(39)31(23)27)33(42)35(28)44-37(45-36)51-22-38-14-5-15-49(38)20-24(40)18-38/h4,6-11,19,24-26H,3,5,12-18,20-22H2,1-2H3/b11-9+/t24-,25+,26-,38?/m1/s1. The summed E-state index contributed by atoms with van der Waals surface area (Å²) in [5.74, 6) is -0.962. The Morgan fingerprint density at radius 1 is 1.14 bits per heavy atom. The van der Waals surface area contributed by atoms with Crippen LogP contribution < -0.4 is 9.64 Å². The molecule has 0 bridgehead atoms. The lowest BCUT2D eigenvalue weighted by molar-refractivity contribution is -0.125. The smallest absolute Gasteiger partial charge is 0.319 e. The summed E-state index contributed by atoms with van der Waals surface area (Å²) in [6.07, 6.45) is 8.13. The summed E-state index contributed by atoms with van der Waals surface area (Å²) in [6.45, 7) is 6.52. The van der Waals surface area contributed by atoms with Crippen LogP contribution in [0.4, 0.5) is 19.0 Å². The van der Waals surface area contributed by atoms with E-state index in [2.05, 4.69) is 26.7 Å². The number of pyridine rings is 1. The van der Waals surface area contributed by atoms with Gasteiger partial charge in [-0.05, 0) is 50.2 Å². The molecular formula is C38H41ClF3N7O2. The number of carbonyl (C=O) groups excluding carboxylic acids is 1. The zero-order chi connectivity index (χ0) is 35.4. The van der Waals surface area contributed by atoms with E-state index in [1.807, 2.05) is 22.9 Å². The van der Waals surface area contributed by atoms with Gasteiger partial charge in [0.05, 0.1) is 15.9 Å². The van der Waals surface area contributed by atoms with Crippen molar-refractivity contribution in [3.8, 4) is 17.3 Å². The van der Waals surface area contributed by atoms with Crippen LogP contribution in [0.1, 0.15) is 39.0 Å². The van der Waals surface area contributed by atoms with Crippen molar-refractivity contribution in [3.05, 3.63) is 65.3 Å². The van der Waals surface area contributed by atoms with E-state index >= 15 is 4.39 Å². The summed E-state index contributed by atoms with van der Waals surface area (Å²) in [6, 6.07) is 8.21. The Balaban J connectivity index is 1.14. The highest BCUT2D eigenvalue weighted by molar-refractivity contribution is 6.36. The summed E-state index contributed by atoms with van der Waals surface area (Å²) in [4.78, 5) is 35.3. The summed E-state index contributed by atoms with van der Waals surface area (Å²) in [5, 5.41) is 1.23. The maximum absolute atomic E-state index is 16.8. The van der Waals surface area contributed by atoms with Gasteiger partial charge in [0, 0.05) is 75.0 Å². The number of rotatable bonds is 9. The molecule has 0 saturated carbocycles. The minimum Gasteiger partial charge on any atom is -0.461 e. The summed E-state index contributed by atoms with van der Waals surface area (Å²) in [7, 11) is 1.87. The molecule has 2 aromatic carbocycles. The summed E-state index contributed by atoms with van der Waals surface area (Å²) in [5.41, 5.74) is -0.173. The highest BCUT2D eigenvalue weighted by Gasteiger charge is 2.49. The molecule has 4 aliphatic rings. The van der Waals surface area contributed by atoms with Crippen molar-refractivity contribution in [1.29, 1.82) is 0 Å². The number of nitrogens with zero attached hydrogens (tertiary/aromatic N) is 7. The molecule has 1 amide bonds. The Kier molecular flexibility index (Phi) is 9.04. The van der Waals surface area contributed by atoms with E-state index in [1.54, 1.807) is 30.3 Å². The van der Waals surface area contributed by atoms with Gasteiger partial charge in [-0.25, -0.2) is 13.2 Å². The molecule has 6 heterocycles. The van der Waals surface area contributed by atoms with E-state index in [9.17, 15) is 13.6 Å². The van der Waals surface area contributed by atoms with Crippen molar-refractivity contribution in [2.75, 3.05) is 57.8 Å². The fourth-order valence-electron chi connectivity index (χ4n) is 8.50. The molecule has 0 spiro atoms. The van der Waals surface area contributed by atoms with Crippen molar-refractivity contribution in [1.82, 2.24) is 29.7 Å². The average Bonchev–Trinajstić information content (AvgIpc) is 3.83. The second kappa shape index (κ2) is 13.5. The number of hydrogen-bond donors (Lipinski definition) is 0. The predicted octanol–water partition coefficient (Wildman–Crippen LogP) is 6.42. The highest BCUT2D eigenvalue weighted by Crippen LogP contribution is 2.42. The van der Waals surface area contributed by atoms with Gasteiger partial charge in [-0.15, -0.1) is 0 Å². The molecule has 1 unspecified atom stereocenters. The second-order valence-electron chi connectivity index (χ2n) is 14.3. The Morgan fingerprint density at radius 2 is 2.00 bits per heavy atom. The van der Waals surface area contributed by atoms with E-state index in [0.29, 0.717) is 66.1 Å². The third-order valence-electron chi connectivity index (χ3n) is 11.5. The minimum atomic E-state index is -0.932. The molecule has 8 rings (SSSR count). The lowest BCUT2D eigenvalue weighted by Gasteiger charge is -2.38. The van der Waals surface area contributed by atoms with Crippen molar-refractivity contribution in [2.45, 2.75) is 62.8 Å². The molecule has 4 aromatic rings. The number of halogens is 4. The monoisotopic (exact) mass is 719 g/mol. The molecule has 268 valence electrons. The van der Waals surface area contributed by atoms with Crippen LogP contribution >= 0.6 is 11.6 Å². The zero-order valence-corrected chi connectivity index (χ0v) is 29.6. The van der Waals surface area contributed by atoms with Gasteiger partial charge in [-0.1, -0.05) is 48.9 Å². The van der Waals surface area contributed by atoms with Gasteiger partial charge in [0.25, 0.3) is 0 Å². The molecule has 9 nitrogen and oxygen atoms in total. The number of likely N-dealkylation sites (tertiary alicyclic amines) is 2. The largest absolute Gasteiger partial charge is 0.461 e. The van der Waals surface area contributed by atoms with E-state index in [1.165, 1.54) is 12.3 Å². The van der Waals surface area contributed by atoms with Gasteiger partial charge in [-0.2, -0.15) is 9.97 Å². The van der Waals surface area contributed by atoms with Crippen molar-refractivity contribution in [2.24, 2.45) is 0 Å². The van der Waals surface area contributed by atoms with Crippen LogP contribution in [-0.2, 0) is 4.79 Å². The number of aromatic nitrogens is 3. The summed E-state index contributed by atoms with van der Waals surface area (Å²) < 4.78 is 52.3. The first-order chi connectivity index (χ1) is 24.7. The molecule has 51 heavy (non-hydrogen) atoms. The Morgan fingerprint density at radius 3 is 2.80 bits per heavy atom. The van der Waals surface area contributed by atoms with Crippen LogP contribution in [-0.4, -0.2) is 112 Å². The maximum atomic E-state index is 16.8. The van der Waals surface area contributed by atoms with Crippen LogP contribution in [0.15, 0.2) is 48.7 Å². The Labute approximate surface area is 300 Å². The van der Waals surface area contributed by atoms with Gasteiger partial charge in [-0.3, -0.25) is 19.6 Å². The lowest BCUT2D eigenvalue weighted by Crippen LogP contribution is -2.46. The SMILES string of the molecule is CCN1CC[C@@H]1/C=C/C(=O)N1CC[C@@H](N(C)c2nc(OCC34CCCN3C[C@H](F)C4)nc3c(F)c(-c4cccc5ccc(F)c(Cl)c45)ncc23)C1. The maximum Gasteiger partial charge on any atom is 0.319 e. The second-order valence-corrected chi connectivity index (χ2v) is 14.7. The quantitative estimate of drug-likeness (QED) is 0.184. The van der Waals surface area contributed by atoms with Crippen molar-refractivity contribution in [3.63, 3.8) is 0 Å². The number of fused-ring (bicyclic) bond motifs is 3. The van der Waals surface area contributed by atoms with Crippen LogP contribution in [0, 0.1) is 11.6 Å². The minimum absolute atomic E-state index is 0.0122. The van der Waals surface area contributed by atoms with Crippen molar-refractivity contribution >= 4 is 45.0 Å². The van der Waals surface area contributed by atoms with E-state index in [-0.39, 0.29) is 40.8 Å². The number of anilines is 1. The van der Waals surface area contributed by atoms with Gasteiger partial charge in [0.1, 0.15) is 35.6 Å². The molecular weight excluding hydrogens is 679 g/mol. The van der Waals surface area contributed by atoms with Gasteiger partial charge in [0.2, 0.25) is 5.91 Å².